The molecule has 1 fully saturated rings. The second-order valence-corrected chi connectivity index (χ2v) is 5.99. The minimum atomic E-state index is -1.54. The lowest BCUT2D eigenvalue weighted by molar-refractivity contribution is -0.273. The van der Waals surface area contributed by atoms with Gasteiger partial charge >= 0.3 is 0 Å². The van der Waals surface area contributed by atoms with Crippen molar-refractivity contribution >= 4 is 0 Å². The molecule has 0 aromatic rings. The highest BCUT2D eigenvalue weighted by molar-refractivity contribution is 5.22. The van der Waals surface area contributed by atoms with E-state index in [1.807, 2.05) is 0 Å². The van der Waals surface area contributed by atoms with E-state index >= 15 is 0 Å². The van der Waals surface area contributed by atoms with Crippen LogP contribution in [0.15, 0.2) is 11.6 Å². The van der Waals surface area contributed by atoms with Crippen LogP contribution in [-0.4, -0.2) is 111 Å². The molecule has 0 unspecified atom stereocenters. The molecule has 0 radical (unpaired) electrons. The zero-order chi connectivity index (χ0) is 18.0. The van der Waals surface area contributed by atoms with Gasteiger partial charge in [0.15, 0.2) is 6.29 Å². The molecule has 0 aromatic heterocycles. The second-order valence-electron chi connectivity index (χ2n) is 5.99. The Labute approximate surface area is 138 Å². The number of hydrogen-bond acceptors (Lipinski definition) is 10. The van der Waals surface area contributed by atoms with Crippen LogP contribution in [0.25, 0.3) is 0 Å². The largest absolute Gasteiger partial charge is 0.394 e. The molecule has 0 spiro atoms. The fourth-order valence-electron chi connectivity index (χ4n) is 3.05. The van der Waals surface area contributed by atoms with Crippen LogP contribution in [0.4, 0.5) is 0 Å². The van der Waals surface area contributed by atoms with Crippen LogP contribution < -0.4 is 5.32 Å². The van der Waals surface area contributed by atoms with Crippen molar-refractivity contribution in [3.63, 3.8) is 0 Å². The molecule has 140 valence electrons. The van der Waals surface area contributed by atoms with Crippen molar-refractivity contribution in [2.24, 2.45) is 0 Å². The Morgan fingerprint density at radius 3 is 2.25 bits per heavy atom. The van der Waals surface area contributed by atoms with Gasteiger partial charge < -0.3 is 50.5 Å². The Balaban J connectivity index is 2.19. The monoisotopic (exact) mass is 351 g/mol. The Kier molecular flexibility index (Phi) is 6.67. The fourth-order valence-corrected chi connectivity index (χ4v) is 3.05. The zero-order valence-electron chi connectivity index (χ0n) is 13.1. The van der Waals surface area contributed by atoms with Crippen LogP contribution in [-0.2, 0) is 9.47 Å². The van der Waals surface area contributed by atoms with Crippen molar-refractivity contribution in [3.05, 3.63) is 11.6 Å². The van der Waals surface area contributed by atoms with Crippen molar-refractivity contribution in [2.75, 3.05) is 20.3 Å². The summed E-state index contributed by atoms with van der Waals surface area (Å²) in [5.74, 6) is 0. The van der Waals surface area contributed by atoms with Crippen LogP contribution in [0.1, 0.15) is 0 Å². The van der Waals surface area contributed by atoms with E-state index in [2.05, 4.69) is 5.32 Å². The number of rotatable bonds is 5. The molecule has 2 aliphatic rings. The number of hydrogen-bond donors (Lipinski definition) is 8. The third kappa shape index (κ3) is 3.63. The van der Waals surface area contributed by atoms with Gasteiger partial charge in [-0.25, -0.2) is 0 Å². The Morgan fingerprint density at radius 1 is 1.04 bits per heavy atom. The van der Waals surface area contributed by atoms with Gasteiger partial charge in [0, 0.05) is 7.11 Å². The highest BCUT2D eigenvalue weighted by Gasteiger charge is 2.47. The van der Waals surface area contributed by atoms with E-state index in [4.69, 9.17) is 9.47 Å². The van der Waals surface area contributed by atoms with Gasteiger partial charge in [0.25, 0.3) is 0 Å². The summed E-state index contributed by atoms with van der Waals surface area (Å²) >= 11 is 0. The topological polar surface area (TPSA) is 172 Å². The standard InChI is InChI=1S/C14H25NO9/c1-23-14-13(22)11(20)8(7(4-17)24-14)15-6-2-5(3-16)9(18)12(21)10(6)19/h2,6-22H,3-4H2,1H3/t6-,7-,8-,9-,10+,11+,12+,13-,14-/m1/s1. The van der Waals surface area contributed by atoms with Crippen LogP contribution in [0.2, 0.25) is 0 Å². The fraction of sp³-hybridized carbons (Fsp3) is 0.857. The highest BCUT2D eigenvalue weighted by Crippen LogP contribution is 2.25. The van der Waals surface area contributed by atoms with Gasteiger partial charge in [-0.1, -0.05) is 6.08 Å². The molecule has 24 heavy (non-hydrogen) atoms. The predicted molar refractivity (Wildman–Crippen MR) is 78.7 cm³/mol. The first-order chi connectivity index (χ1) is 11.3. The summed E-state index contributed by atoms with van der Waals surface area (Å²) in [7, 11) is 1.28. The van der Waals surface area contributed by atoms with Gasteiger partial charge in [0.05, 0.1) is 25.3 Å². The smallest absolute Gasteiger partial charge is 0.186 e. The van der Waals surface area contributed by atoms with E-state index in [0.717, 1.165) is 0 Å². The van der Waals surface area contributed by atoms with E-state index < -0.39 is 68.2 Å². The highest BCUT2D eigenvalue weighted by atomic mass is 16.7. The zero-order valence-corrected chi connectivity index (χ0v) is 13.1. The number of methoxy groups -OCH3 is 1. The summed E-state index contributed by atoms with van der Waals surface area (Å²) in [5, 5.41) is 71.4. The van der Waals surface area contributed by atoms with Gasteiger partial charge in [-0.15, -0.1) is 0 Å². The van der Waals surface area contributed by atoms with E-state index in [1.54, 1.807) is 0 Å². The molecule has 1 aliphatic carbocycles. The molecule has 9 atom stereocenters. The second kappa shape index (κ2) is 8.15. The van der Waals surface area contributed by atoms with Gasteiger partial charge in [-0.3, -0.25) is 0 Å². The first-order valence-corrected chi connectivity index (χ1v) is 7.62. The maximum absolute atomic E-state index is 10.3. The van der Waals surface area contributed by atoms with Crippen LogP contribution >= 0.6 is 0 Å². The van der Waals surface area contributed by atoms with Crippen molar-refractivity contribution in [1.82, 2.24) is 5.32 Å². The summed E-state index contributed by atoms with van der Waals surface area (Å²) in [6.45, 7) is -1.02. The summed E-state index contributed by atoms with van der Waals surface area (Å²) in [5.41, 5.74) is 0.104. The average molecular weight is 351 g/mol. The van der Waals surface area contributed by atoms with Gasteiger partial charge in [0.1, 0.15) is 36.6 Å². The molecule has 0 aromatic carbocycles. The first kappa shape index (κ1) is 19.7. The third-order valence-electron chi connectivity index (χ3n) is 4.50. The van der Waals surface area contributed by atoms with E-state index in [0.29, 0.717) is 0 Å². The maximum Gasteiger partial charge on any atom is 0.186 e. The van der Waals surface area contributed by atoms with Crippen LogP contribution in [0, 0.1) is 0 Å². The first-order valence-electron chi connectivity index (χ1n) is 7.62. The number of aliphatic hydroxyl groups excluding tert-OH is 7. The minimum Gasteiger partial charge on any atom is -0.394 e. The molecule has 10 heteroatoms. The molecule has 1 heterocycles. The SMILES string of the molecule is CO[C@@H]1O[C@H](CO)[C@@H](N[C@@H]2C=C(CO)[C@@H](O)[C@H](O)[C@H]2O)[C@H](O)[C@H]1O. The molecule has 10 nitrogen and oxygen atoms in total. The molecular formula is C14H25NO9. The normalized spacial score (nSPS) is 46.7. The summed E-state index contributed by atoms with van der Waals surface area (Å²) in [4.78, 5) is 0. The van der Waals surface area contributed by atoms with Crippen molar-refractivity contribution in [2.45, 2.75) is 55.0 Å². The lowest BCUT2D eigenvalue weighted by Crippen LogP contribution is -2.67. The molecule has 0 bridgehead atoms. The summed E-state index contributed by atoms with van der Waals surface area (Å²) < 4.78 is 10.2. The third-order valence-corrected chi connectivity index (χ3v) is 4.50. The average Bonchev–Trinajstić information content (AvgIpc) is 2.59. The molecule has 0 amide bonds. The van der Waals surface area contributed by atoms with Gasteiger partial charge in [-0.2, -0.15) is 0 Å². The lowest BCUT2D eigenvalue weighted by Gasteiger charge is -2.44. The summed E-state index contributed by atoms with van der Waals surface area (Å²) in [6, 6.07) is -1.94. The molecule has 2 rings (SSSR count). The quantitative estimate of drug-likeness (QED) is 0.225. The molecule has 1 aliphatic heterocycles. The van der Waals surface area contributed by atoms with E-state index in [9.17, 15) is 35.7 Å². The molecule has 8 N–H and O–H groups in total. The number of ether oxygens (including phenoxy) is 2. The van der Waals surface area contributed by atoms with Crippen LogP contribution in [0.3, 0.4) is 0 Å². The molecule has 1 saturated heterocycles. The lowest BCUT2D eigenvalue weighted by atomic mass is 9.86. The Morgan fingerprint density at radius 2 is 1.71 bits per heavy atom. The van der Waals surface area contributed by atoms with E-state index in [-0.39, 0.29) is 5.57 Å². The van der Waals surface area contributed by atoms with E-state index in [1.165, 1.54) is 13.2 Å². The van der Waals surface area contributed by atoms with Crippen molar-refractivity contribution in [1.29, 1.82) is 0 Å². The number of aliphatic hydroxyl groups is 7. The van der Waals surface area contributed by atoms with Crippen molar-refractivity contribution < 1.29 is 45.2 Å². The predicted octanol–water partition coefficient (Wildman–Crippen LogP) is -4.59. The molecule has 0 saturated carbocycles. The van der Waals surface area contributed by atoms with Gasteiger partial charge in [-0.05, 0) is 5.57 Å². The Bertz CT molecular complexity index is 446. The minimum absolute atomic E-state index is 0.104. The van der Waals surface area contributed by atoms with Crippen LogP contribution in [0.5, 0.6) is 0 Å². The van der Waals surface area contributed by atoms with Gasteiger partial charge in [0.2, 0.25) is 0 Å². The number of nitrogens with one attached hydrogen (secondary N) is 1. The molecular weight excluding hydrogens is 326 g/mol. The van der Waals surface area contributed by atoms with Crippen molar-refractivity contribution in [3.8, 4) is 0 Å². The summed E-state index contributed by atoms with van der Waals surface area (Å²) in [6.07, 6.45) is -7.90. The Hall–Kier alpha value is -0.660. The maximum atomic E-state index is 10.3.